The minimum absolute atomic E-state index is 0.130. The Morgan fingerprint density at radius 1 is 1.00 bits per heavy atom. The monoisotopic (exact) mass is 146 g/mol. The molecule has 4 heteroatoms. The fourth-order valence-corrected chi connectivity index (χ4v) is 0.511. The molecule has 0 saturated heterocycles. The molecule has 2 atom stereocenters. The Hall–Kier alpha value is -0.740. The fraction of sp³-hybridized carbons (Fsp3) is 0.667. The van der Waals surface area contributed by atoms with Gasteiger partial charge in [-0.1, -0.05) is 0 Å². The van der Waals surface area contributed by atoms with E-state index in [2.05, 4.69) is 0 Å². The van der Waals surface area contributed by atoms with Crippen molar-refractivity contribution in [1.82, 2.24) is 0 Å². The fourth-order valence-electron chi connectivity index (χ4n) is 0.511. The third kappa shape index (κ3) is 3.32. The van der Waals surface area contributed by atoms with Crippen LogP contribution in [0.4, 0.5) is 0 Å². The first-order chi connectivity index (χ1) is 4.72. The summed E-state index contributed by atoms with van der Waals surface area (Å²) in [4.78, 5) is 19.5. The summed E-state index contributed by atoms with van der Waals surface area (Å²) in [5.41, 5.74) is 0. The molecule has 2 N–H and O–H groups in total. The van der Waals surface area contributed by atoms with Gasteiger partial charge in [-0.2, -0.15) is 0 Å². The Balaban J connectivity index is 3.56. The van der Waals surface area contributed by atoms with Crippen LogP contribution >= 0.6 is 0 Å². The molecule has 0 radical (unpaired) electrons. The van der Waals surface area contributed by atoms with Gasteiger partial charge in [-0.05, 0) is 0 Å². The molecule has 4 nitrogen and oxygen atoms in total. The second kappa shape index (κ2) is 5.08. The van der Waals surface area contributed by atoms with Crippen molar-refractivity contribution < 1.29 is 19.8 Å². The molecular formula is C6H10O4. The molecule has 0 bridgehead atoms. The van der Waals surface area contributed by atoms with Crippen molar-refractivity contribution in [3.8, 4) is 0 Å². The van der Waals surface area contributed by atoms with Crippen molar-refractivity contribution in [2.75, 3.05) is 0 Å². The van der Waals surface area contributed by atoms with Crippen LogP contribution < -0.4 is 0 Å². The van der Waals surface area contributed by atoms with Crippen molar-refractivity contribution >= 4 is 12.6 Å². The summed E-state index contributed by atoms with van der Waals surface area (Å²) in [5, 5.41) is 17.6. The van der Waals surface area contributed by atoms with E-state index in [1.807, 2.05) is 0 Å². The van der Waals surface area contributed by atoms with Crippen LogP contribution in [-0.4, -0.2) is 35.0 Å². The van der Waals surface area contributed by atoms with Crippen LogP contribution in [0.1, 0.15) is 12.8 Å². The van der Waals surface area contributed by atoms with E-state index in [1.165, 1.54) is 0 Å². The standard InChI is InChI=1S/C6H10O4/c7-3-1-5(9)6(10)2-4-8/h3-6,9-10H,1-2H2/t5-,6+. The second-order valence-electron chi connectivity index (χ2n) is 1.94. The van der Waals surface area contributed by atoms with Crippen molar-refractivity contribution in [3.63, 3.8) is 0 Å². The predicted molar refractivity (Wildman–Crippen MR) is 33.4 cm³/mol. The van der Waals surface area contributed by atoms with Gasteiger partial charge >= 0.3 is 0 Å². The zero-order valence-corrected chi connectivity index (χ0v) is 5.43. The zero-order chi connectivity index (χ0) is 7.98. The maximum absolute atomic E-state index is 9.76. The van der Waals surface area contributed by atoms with Gasteiger partial charge in [-0.15, -0.1) is 0 Å². The van der Waals surface area contributed by atoms with Crippen LogP contribution in [0.25, 0.3) is 0 Å². The summed E-state index contributed by atoms with van der Waals surface area (Å²) in [6.07, 6.45) is -1.48. The Labute approximate surface area is 58.5 Å². The molecule has 0 amide bonds. The topological polar surface area (TPSA) is 74.6 Å². The van der Waals surface area contributed by atoms with E-state index in [1.54, 1.807) is 0 Å². The minimum Gasteiger partial charge on any atom is -0.390 e. The first-order valence-corrected chi connectivity index (χ1v) is 2.95. The Bertz CT molecular complexity index is 98.3. The van der Waals surface area contributed by atoms with Gasteiger partial charge in [0.25, 0.3) is 0 Å². The number of carbonyl (C=O) groups excluding carboxylic acids is 2. The molecule has 0 aromatic heterocycles. The SMILES string of the molecule is O=CC[C@@H](O)[C@@H](O)CC=O. The summed E-state index contributed by atoms with van der Waals surface area (Å²) >= 11 is 0. The lowest BCUT2D eigenvalue weighted by Crippen LogP contribution is -2.26. The van der Waals surface area contributed by atoms with E-state index in [4.69, 9.17) is 10.2 Å². The number of hydrogen-bond acceptors (Lipinski definition) is 4. The third-order valence-electron chi connectivity index (χ3n) is 1.12. The number of rotatable bonds is 5. The Morgan fingerprint density at radius 3 is 1.50 bits per heavy atom. The number of hydrogen-bond donors (Lipinski definition) is 2. The molecule has 0 spiro atoms. The molecule has 0 fully saturated rings. The van der Waals surface area contributed by atoms with Crippen LogP contribution in [0.5, 0.6) is 0 Å². The molecule has 0 aliphatic heterocycles. The first kappa shape index (κ1) is 9.26. The van der Waals surface area contributed by atoms with E-state index in [0.717, 1.165) is 0 Å². The second-order valence-corrected chi connectivity index (χ2v) is 1.94. The highest BCUT2D eigenvalue weighted by Crippen LogP contribution is 1.98. The lowest BCUT2D eigenvalue weighted by molar-refractivity contribution is -0.115. The molecular weight excluding hydrogens is 136 g/mol. The van der Waals surface area contributed by atoms with Crippen LogP contribution in [0.3, 0.4) is 0 Å². The van der Waals surface area contributed by atoms with Gasteiger partial charge in [-0.25, -0.2) is 0 Å². The van der Waals surface area contributed by atoms with Gasteiger partial charge in [0.1, 0.15) is 12.6 Å². The zero-order valence-electron chi connectivity index (χ0n) is 5.43. The molecule has 58 valence electrons. The molecule has 0 rings (SSSR count). The van der Waals surface area contributed by atoms with E-state index >= 15 is 0 Å². The maximum Gasteiger partial charge on any atom is 0.122 e. The van der Waals surface area contributed by atoms with Gasteiger partial charge in [0.15, 0.2) is 0 Å². The molecule has 0 aromatic carbocycles. The highest BCUT2D eigenvalue weighted by atomic mass is 16.3. The summed E-state index contributed by atoms with van der Waals surface area (Å²) in [7, 11) is 0. The van der Waals surface area contributed by atoms with Crippen molar-refractivity contribution in [3.05, 3.63) is 0 Å². The molecule has 0 saturated carbocycles. The van der Waals surface area contributed by atoms with E-state index in [0.29, 0.717) is 12.6 Å². The highest BCUT2D eigenvalue weighted by Gasteiger charge is 2.14. The molecule has 0 aliphatic carbocycles. The Morgan fingerprint density at radius 2 is 1.30 bits per heavy atom. The summed E-state index contributed by atoms with van der Waals surface area (Å²) < 4.78 is 0. The van der Waals surface area contributed by atoms with Crippen molar-refractivity contribution in [2.45, 2.75) is 25.0 Å². The first-order valence-electron chi connectivity index (χ1n) is 2.95. The number of carbonyl (C=O) groups is 2. The highest BCUT2D eigenvalue weighted by molar-refractivity contribution is 5.52. The predicted octanol–water partition coefficient (Wildman–Crippen LogP) is -1.11. The lowest BCUT2D eigenvalue weighted by atomic mass is 10.1. The molecule has 0 unspecified atom stereocenters. The van der Waals surface area contributed by atoms with Crippen molar-refractivity contribution in [1.29, 1.82) is 0 Å². The van der Waals surface area contributed by atoms with Crippen LogP contribution in [0, 0.1) is 0 Å². The molecule has 0 aromatic rings. The molecule has 10 heavy (non-hydrogen) atoms. The van der Waals surface area contributed by atoms with Crippen LogP contribution in [-0.2, 0) is 9.59 Å². The molecule has 0 heterocycles. The van der Waals surface area contributed by atoms with E-state index in [9.17, 15) is 9.59 Å². The number of aliphatic hydroxyl groups is 2. The average Bonchev–Trinajstić information content (AvgIpc) is 1.89. The van der Waals surface area contributed by atoms with E-state index < -0.39 is 12.2 Å². The van der Waals surface area contributed by atoms with Gasteiger partial charge in [0.2, 0.25) is 0 Å². The summed E-state index contributed by atoms with van der Waals surface area (Å²) in [6.45, 7) is 0. The molecule has 0 aliphatic rings. The minimum atomic E-state index is -1.11. The smallest absolute Gasteiger partial charge is 0.122 e. The van der Waals surface area contributed by atoms with Crippen molar-refractivity contribution in [2.24, 2.45) is 0 Å². The lowest BCUT2D eigenvalue weighted by Gasteiger charge is -2.11. The average molecular weight is 146 g/mol. The third-order valence-corrected chi connectivity index (χ3v) is 1.12. The van der Waals surface area contributed by atoms with Gasteiger partial charge < -0.3 is 19.8 Å². The van der Waals surface area contributed by atoms with E-state index in [-0.39, 0.29) is 12.8 Å². The quantitative estimate of drug-likeness (QED) is 0.482. The number of aliphatic hydroxyl groups excluding tert-OH is 2. The summed E-state index contributed by atoms with van der Waals surface area (Å²) in [6, 6.07) is 0. The van der Waals surface area contributed by atoms with Gasteiger partial charge in [0, 0.05) is 12.8 Å². The van der Waals surface area contributed by atoms with Gasteiger partial charge in [-0.3, -0.25) is 0 Å². The normalized spacial score (nSPS) is 15.8. The number of aldehydes is 2. The summed E-state index contributed by atoms with van der Waals surface area (Å²) in [5.74, 6) is 0. The Kier molecular flexibility index (Phi) is 4.70. The van der Waals surface area contributed by atoms with Crippen LogP contribution in [0.2, 0.25) is 0 Å². The van der Waals surface area contributed by atoms with Crippen LogP contribution in [0.15, 0.2) is 0 Å². The van der Waals surface area contributed by atoms with Gasteiger partial charge in [0.05, 0.1) is 12.2 Å². The maximum atomic E-state index is 9.76. The largest absolute Gasteiger partial charge is 0.390 e.